The second-order valence-corrected chi connectivity index (χ2v) is 13.0. The first-order valence-corrected chi connectivity index (χ1v) is 14.8. The molecule has 1 aliphatic heterocycles. The maximum atomic E-state index is 13.5. The lowest BCUT2D eigenvalue weighted by Crippen LogP contribution is -2.42. The molecule has 4 rings (SSSR count). The fourth-order valence-electron chi connectivity index (χ4n) is 4.60. The van der Waals surface area contributed by atoms with Crippen molar-refractivity contribution in [1.29, 1.82) is 0 Å². The quantitative estimate of drug-likeness (QED) is 0.372. The third kappa shape index (κ3) is 6.71. The smallest absolute Gasteiger partial charge is 0.252 e. The number of halogens is 1. The molecule has 1 fully saturated rings. The molecule has 0 radical (unpaired) electrons. The number of hydrogen-bond donors (Lipinski definition) is 1. The Labute approximate surface area is 223 Å². The Morgan fingerprint density at radius 2 is 1.72 bits per heavy atom. The zero-order valence-electron chi connectivity index (χ0n) is 20.5. The van der Waals surface area contributed by atoms with Crippen LogP contribution in [0.25, 0.3) is 0 Å². The third-order valence-electron chi connectivity index (χ3n) is 6.23. The Hall–Kier alpha value is -2.32. The van der Waals surface area contributed by atoms with Gasteiger partial charge >= 0.3 is 0 Å². The molecule has 1 amide bonds. The number of amides is 1. The van der Waals surface area contributed by atoms with Crippen molar-refractivity contribution in [3.8, 4) is 0 Å². The normalized spacial score (nSPS) is 18.6. The maximum Gasteiger partial charge on any atom is 0.252 e. The van der Waals surface area contributed by atoms with Crippen LogP contribution in [0.2, 0.25) is 5.02 Å². The molecule has 2 atom stereocenters. The van der Waals surface area contributed by atoms with Crippen LogP contribution in [-0.2, 0) is 16.4 Å². The Bertz CT molecular complexity index is 1310. The van der Waals surface area contributed by atoms with Crippen LogP contribution in [0, 0.1) is 11.8 Å². The van der Waals surface area contributed by atoms with E-state index < -0.39 is 10.0 Å². The minimum atomic E-state index is -3.72. The largest absolute Gasteiger partial charge is 0.352 e. The first-order chi connectivity index (χ1) is 17.2. The summed E-state index contributed by atoms with van der Waals surface area (Å²) in [6.45, 7) is 5.58. The van der Waals surface area contributed by atoms with Gasteiger partial charge in [0.05, 0.1) is 10.5 Å². The van der Waals surface area contributed by atoms with Gasteiger partial charge in [-0.25, -0.2) is 8.42 Å². The topological polar surface area (TPSA) is 66.5 Å². The molecule has 0 saturated carbocycles. The zero-order chi connectivity index (χ0) is 25.7. The van der Waals surface area contributed by atoms with Crippen molar-refractivity contribution in [1.82, 2.24) is 9.62 Å². The molecule has 3 aromatic carbocycles. The average Bonchev–Trinajstić information content (AvgIpc) is 2.84. The van der Waals surface area contributed by atoms with E-state index in [1.807, 2.05) is 48.5 Å². The van der Waals surface area contributed by atoms with Gasteiger partial charge in [0.2, 0.25) is 10.0 Å². The SMILES string of the molecule is C[C@@H]1C[C@H](C)CN(S(=O)(=O)c2ccc(Sc3cccc(Cl)c3)c(C(=O)NCCc3ccccc3)c2)C1. The average molecular weight is 543 g/mol. The van der Waals surface area contributed by atoms with Gasteiger partial charge in [-0.15, -0.1) is 0 Å². The molecule has 3 aromatic rings. The van der Waals surface area contributed by atoms with Crippen molar-refractivity contribution >= 4 is 39.3 Å². The number of sulfonamides is 1. The van der Waals surface area contributed by atoms with Crippen molar-refractivity contribution in [3.63, 3.8) is 0 Å². The highest BCUT2D eigenvalue weighted by atomic mass is 35.5. The van der Waals surface area contributed by atoms with Gasteiger partial charge in [-0.2, -0.15) is 4.31 Å². The summed E-state index contributed by atoms with van der Waals surface area (Å²) in [5.41, 5.74) is 1.46. The lowest BCUT2D eigenvalue weighted by Gasteiger charge is -2.34. The molecule has 1 N–H and O–H groups in total. The van der Waals surface area contributed by atoms with Crippen molar-refractivity contribution in [2.75, 3.05) is 19.6 Å². The number of carbonyl (C=O) groups excluding carboxylic acids is 1. The van der Waals surface area contributed by atoms with E-state index in [9.17, 15) is 13.2 Å². The van der Waals surface area contributed by atoms with Gasteiger partial charge in [0.1, 0.15) is 0 Å². The Kier molecular flexibility index (Phi) is 8.78. The maximum absolute atomic E-state index is 13.5. The van der Waals surface area contributed by atoms with Gasteiger partial charge < -0.3 is 5.32 Å². The van der Waals surface area contributed by atoms with Crippen LogP contribution >= 0.6 is 23.4 Å². The van der Waals surface area contributed by atoms with E-state index in [0.717, 1.165) is 16.9 Å². The highest BCUT2D eigenvalue weighted by Crippen LogP contribution is 2.34. The summed E-state index contributed by atoms with van der Waals surface area (Å²) in [6, 6.07) is 22.1. The van der Waals surface area contributed by atoms with Crippen LogP contribution in [0.4, 0.5) is 0 Å². The lowest BCUT2D eigenvalue weighted by molar-refractivity contribution is 0.0951. The number of carbonyl (C=O) groups is 1. The molecule has 5 nitrogen and oxygen atoms in total. The van der Waals surface area contributed by atoms with Crippen molar-refractivity contribution in [2.24, 2.45) is 11.8 Å². The molecular formula is C28H31ClN2O3S2. The van der Waals surface area contributed by atoms with E-state index in [2.05, 4.69) is 19.2 Å². The van der Waals surface area contributed by atoms with Crippen LogP contribution in [-0.4, -0.2) is 38.3 Å². The number of rotatable bonds is 8. The van der Waals surface area contributed by atoms with E-state index >= 15 is 0 Å². The molecule has 1 saturated heterocycles. The number of hydrogen-bond acceptors (Lipinski definition) is 4. The minimum absolute atomic E-state index is 0.146. The molecule has 0 aromatic heterocycles. The summed E-state index contributed by atoms with van der Waals surface area (Å²) in [6.07, 6.45) is 1.70. The zero-order valence-corrected chi connectivity index (χ0v) is 22.9. The van der Waals surface area contributed by atoms with Crippen LogP contribution in [0.1, 0.15) is 36.2 Å². The predicted octanol–water partition coefficient (Wildman–Crippen LogP) is 6.13. The van der Waals surface area contributed by atoms with E-state index in [0.29, 0.717) is 53.4 Å². The molecule has 36 heavy (non-hydrogen) atoms. The monoisotopic (exact) mass is 542 g/mol. The summed E-state index contributed by atoms with van der Waals surface area (Å²) in [5, 5.41) is 3.57. The number of nitrogens with zero attached hydrogens (tertiary/aromatic N) is 1. The summed E-state index contributed by atoms with van der Waals surface area (Å²) in [7, 11) is -3.72. The second-order valence-electron chi connectivity index (χ2n) is 9.48. The lowest BCUT2D eigenvalue weighted by atomic mass is 9.94. The molecule has 0 unspecified atom stereocenters. The van der Waals surface area contributed by atoms with E-state index in [1.165, 1.54) is 17.8 Å². The van der Waals surface area contributed by atoms with E-state index in [4.69, 9.17) is 11.6 Å². The van der Waals surface area contributed by atoms with Crippen LogP contribution < -0.4 is 5.32 Å². The van der Waals surface area contributed by atoms with E-state index in [1.54, 1.807) is 22.5 Å². The van der Waals surface area contributed by atoms with Gasteiger partial charge in [-0.1, -0.05) is 73.6 Å². The van der Waals surface area contributed by atoms with E-state index in [-0.39, 0.29) is 10.8 Å². The van der Waals surface area contributed by atoms with Crippen LogP contribution in [0.5, 0.6) is 0 Å². The minimum Gasteiger partial charge on any atom is -0.352 e. The number of benzene rings is 3. The summed E-state index contributed by atoms with van der Waals surface area (Å²) < 4.78 is 28.6. The van der Waals surface area contributed by atoms with Crippen molar-refractivity contribution in [2.45, 2.75) is 41.4 Å². The Balaban J connectivity index is 1.62. The molecule has 1 heterocycles. The number of piperidine rings is 1. The van der Waals surface area contributed by atoms with Crippen LogP contribution in [0.15, 0.2) is 87.5 Å². The second kappa shape index (κ2) is 11.8. The predicted molar refractivity (Wildman–Crippen MR) is 146 cm³/mol. The van der Waals surface area contributed by atoms with Crippen LogP contribution in [0.3, 0.4) is 0 Å². The molecule has 190 valence electrons. The molecule has 0 aliphatic carbocycles. The molecule has 8 heteroatoms. The fourth-order valence-corrected chi connectivity index (χ4v) is 7.55. The Morgan fingerprint density at radius 3 is 2.42 bits per heavy atom. The fraction of sp³-hybridized carbons (Fsp3) is 0.321. The number of nitrogens with one attached hydrogen (secondary N) is 1. The van der Waals surface area contributed by atoms with Gasteiger partial charge in [0, 0.05) is 34.4 Å². The molecular weight excluding hydrogens is 512 g/mol. The van der Waals surface area contributed by atoms with Crippen molar-refractivity contribution < 1.29 is 13.2 Å². The van der Waals surface area contributed by atoms with Gasteiger partial charge in [-0.05, 0) is 66.6 Å². The van der Waals surface area contributed by atoms with Gasteiger partial charge in [0.25, 0.3) is 5.91 Å². The summed E-state index contributed by atoms with van der Waals surface area (Å²) in [4.78, 5) is 15.0. The highest BCUT2D eigenvalue weighted by molar-refractivity contribution is 7.99. The highest BCUT2D eigenvalue weighted by Gasteiger charge is 2.32. The standard InChI is InChI=1S/C28H31ClN2O3S2/c1-20-15-21(2)19-31(18-20)36(33,34)25-11-12-27(35-24-10-6-9-23(29)16-24)26(17-25)28(32)30-14-13-22-7-4-3-5-8-22/h3-12,16-17,20-21H,13-15,18-19H2,1-2H3,(H,30,32)/t20-,21+. The molecule has 0 bridgehead atoms. The van der Waals surface area contributed by atoms with Gasteiger partial charge in [0.15, 0.2) is 0 Å². The summed E-state index contributed by atoms with van der Waals surface area (Å²) >= 11 is 7.55. The molecule has 1 aliphatic rings. The van der Waals surface area contributed by atoms with Gasteiger partial charge in [-0.3, -0.25) is 4.79 Å². The third-order valence-corrected chi connectivity index (χ3v) is 9.36. The van der Waals surface area contributed by atoms with Crippen molar-refractivity contribution in [3.05, 3.63) is 88.9 Å². The first-order valence-electron chi connectivity index (χ1n) is 12.1. The molecule has 0 spiro atoms. The Morgan fingerprint density at radius 1 is 1.00 bits per heavy atom. The summed E-state index contributed by atoms with van der Waals surface area (Å²) in [5.74, 6) is 0.289. The first kappa shape index (κ1) is 26.7.